The molecule has 1 aromatic heterocycles. The fraction of sp³-hybridized carbons (Fsp3) is 0.0588. The largest absolute Gasteiger partial charge is 0.481 e. The van der Waals surface area contributed by atoms with Crippen molar-refractivity contribution >= 4 is 288 Å². The number of fused-ring (bicyclic) bond motifs is 1. The number of sulfone groups is 1. The maximum absolute atomic E-state index is 12.6. The van der Waals surface area contributed by atoms with E-state index in [0.717, 1.165) is 36.4 Å². The molecule has 0 saturated heterocycles. The Labute approximate surface area is 551 Å². The van der Waals surface area contributed by atoms with Crippen molar-refractivity contribution in [3.8, 4) is 0 Å². The summed E-state index contributed by atoms with van der Waals surface area (Å²) in [5, 5.41) is 36.4. The summed E-state index contributed by atoms with van der Waals surface area (Å²) in [6.45, 7) is -0.889. The molecular weight excluding hydrogens is 1220 g/mol. The summed E-state index contributed by atoms with van der Waals surface area (Å²) in [6.07, 6.45) is 0. The molecule has 12 N–H and O–H groups in total. The van der Waals surface area contributed by atoms with Crippen molar-refractivity contribution < 1.29 is 82.6 Å². The number of hydrogen-bond acceptors (Lipinski definition) is 23. The minimum absolute atomic E-state index is 0. The van der Waals surface area contributed by atoms with Crippen molar-refractivity contribution in [1.82, 2.24) is 15.0 Å². The van der Waals surface area contributed by atoms with E-state index in [1.54, 1.807) is 0 Å². The minimum atomic E-state index is -5.28. The number of nitrogens with two attached hydrogens (primary N) is 1. The Morgan fingerprint density at radius 2 is 1.19 bits per heavy atom. The summed E-state index contributed by atoms with van der Waals surface area (Å²) in [5.41, 5.74) is 3.17. The van der Waals surface area contributed by atoms with Crippen molar-refractivity contribution in [2.45, 2.75) is 24.5 Å². The van der Waals surface area contributed by atoms with Crippen LogP contribution >= 0.6 is 11.6 Å². The van der Waals surface area contributed by atoms with Gasteiger partial charge in [-0.2, -0.15) is 57.2 Å². The van der Waals surface area contributed by atoms with E-state index in [1.165, 1.54) is 18.2 Å². The molecule has 43 heteroatoms. The third-order valence-corrected chi connectivity index (χ3v) is 14.7. The quantitative estimate of drug-likeness (QED) is 0.0156. The number of aliphatic hydroxyl groups excluding tert-OH is 1. The summed E-state index contributed by atoms with van der Waals surface area (Å²) >= 11 is 6.19. The third-order valence-electron chi connectivity index (χ3n) is 8.90. The van der Waals surface area contributed by atoms with Crippen LogP contribution in [0.2, 0.25) is 5.28 Å². The Balaban J connectivity index is 0.00000593. The van der Waals surface area contributed by atoms with Gasteiger partial charge in [-0.3, -0.25) is 33.2 Å². The van der Waals surface area contributed by atoms with Crippen LogP contribution in [-0.4, -0.2) is 259 Å². The van der Waals surface area contributed by atoms with Crippen LogP contribution in [0.15, 0.2) is 129 Å². The normalized spacial score (nSPS) is 12.4. The van der Waals surface area contributed by atoms with Crippen molar-refractivity contribution in [3.63, 3.8) is 0 Å². The fourth-order valence-corrected chi connectivity index (χ4v) is 10.2. The number of nitrogen functional groups attached to an aromatic ring is 1. The molecule has 0 aliphatic rings. The molecule has 1 heterocycles. The van der Waals surface area contributed by atoms with Crippen LogP contribution in [0.3, 0.4) is 0 Å². The number of aromatic nitrogens is 3. The van der Waals surface area contributed by atoms with Gasteiger partial charge in [0, 0.05) is 153 Å². The number of rotatable bonds is 17. The average Bonchev–Trinajstić information content (AvgIpc) is 3.23. The van der Waals surface area contributed by atoms with Gasteiger partial charge in [0.05, 0.1) is 50.6 Å². The summed E-state index contributed by atoms with van der Waals surface area (Å²) < 4.78 is 196. The zero-order chi connectivity index (χ0) is 53.4. The Hall–Kier alpha value is -2.01. The number of benzene rings is 5. The molecule has 31 nitrogen and oxygen atoms in total. The summed E-state index contributed by atoms with van der Waals surface area (Å²) in [7, 11) is -29.7. The Bertz CT molecular complexity index is 4090. The molecule has 0 unspecified atom stereocenters. The van der Waals surface area contributed by atoms with Crippen LogP contribution in [0.25, 0.3) is 10.8 Å². The van der Waals surface area contributed by atoms with Gasteiger partial charge >= 0.3 is 10.4 Å². The van der Waals surface area contributed by atoms with Crippen LogP contribution in [0, 0.1) is 5.41 Å². The standard InChI is InChI=1S/C34H29ClN12O19S6.5Na/c35-31-41-33(43-34(42-31)40-25-14-22(36)29(70(57,58)59)15-26(25)46-44-17-1-4-19(5-2-17)67(49,50)8-7-66-72(63,64)65)38-18-3-6-23(24(11-18)39-32(37)48)45-47-27-13-21-16(10-30(27)71(60,61)62)9-20(68(51,52)53)12-28(21)69(54,55)56;;;;;/h1-6,9-15H,7-8,36H2,(H3,37,39,48)(H,51,52,53)(H,54,55,56)(H,57,58,59)(H,60,61,62)(H,63,64,65)(H2,38,40,41,42,43);;;;;. The van der Waals surface area contributed by atoms with Crippen LogP contribution in [0.5, 0.6) is 0 Å². The second kappa shape index (κ2) is 28.8. The van der Waals surface area contributed by atoms with Gasteiger partial charge in [0.25, 0.3) is 46.5 Å². The van der Waals surface area contributed by atoms with Crippen LogP contribution in [0.4, 0.5) is 51.4 Å². The molecule has 0 aliphatic heterocycles. The molecule has 0 amide bonds. The van der Waals surface area contributed by atoms with Crippen molar-refractivity contribution in [2.75, 3.05) is 28.7 Å². The van der Waals surface area contributed by atoms with E-state index >= 15 is 0 Å². The molecule has 0 fully saturated rings. The van der Waals surface area contributed by atoms with Crippen LogP contribution in [-0.2, 0) is 64.9 Å². The van der Waals surface area contributed by atoms with Gasteiger partial charge in [0.1, 0.15) is 31.7 Å². The van der Waals surface area contributed by atoms with Gasteiger partial charge in [0.15, 0.2) is 9.84 Å². The molecule has 77 heavy (non-hydrogen) atoms. The number of halogens is 1. The molecule has 5 radical (unpaired) electrons. The number of aliphatic hydroxyl groups is 1. The number of hydrogen-bond donors (Lipinski definition) is 11. The zero-order valence-electron chi connectivity index (χ0n) is 39.9. The molecule has 387 valence electrons. The number of nitrogens with zero attached hydrogens (tertiary/aromatic N) is 7. The minimum Gasteiger partial charge on any atom is -0.481 e. The van der Waals surface area contributed by atoms with Gasteiger partial charge in [-0.25, -0.2) is 17.6 Å². The fourth-order valence-electron chi connectivity index (χ4n) is 5.90. The summed E-state index contributed by atoms with van der Waals surface area (Å²) in [4.78, 5) is 10.5. The Morgan fingerprint density at radius 3 is 1.75 bits per heavy atom. The number of amidine groups is 1. The van der Waals surface area contributed by atoms with Gasteiger partial charge < -0.3 is 21.5 Å². The van der Waals surface area contributed by atoms with Crippen LogP contribution < -0.4 is 22.0 Å². The molecule has 0 bridgehead atoms. The van der Waals surface area contributed by atoms with E-state index in [1.807, 2.05) is 0 Å². The van der Waals surface area contributed by atoms with Gasteiger partial charge in [-0.15, -0.1) is 15.3 Å². The predicted octanol–water partition coefficient (Wildman–Crippen LogP) is 2.58. The predicted molar refractivity (Wildman–Crippen MR) is 277 cm³/mol. The number of H-pyrrole nitrogens is 1. The van der Waals surface area contributed by atoms with E-state index in [0.29, 0.717) is 24.3 Å². The van der Waals surface area contributed by atoms with Gasteiger partial charge in [0.2, 0.25) is 16.9 Å². The van der Waals surface area contributed by atoms with Gasteiger partial charge in [-0.1, -0.05) is 0 Å². The Morgan fingerprint density at radius 1 is 0.623 bits per heavy atom. The summed E-state index contributed by atoms with van der Waals surface area (Å²) in [5.74, 6) is -1.12. The van der Waals surface area contributed by atoms with Crippen molar-refractivity contribution in [3.05, 3.63) is 89.8 Å². The smallest absolute Gasteiger partial charge is 0.397 e. The van der Waals surface area contributed by atoms with E-state index < -0.39 is 126 Å². The zero-order valence-corrected chi connectivity index (χ0v) is 55.6. The molecule has 6 aromatic rings. The van der Waals surface area contributed by atoms with E-state index in [-0.39, 0.29) is 198 Å². The molecule has 5 aromatic carbocycles. The van der Waals surface area contributed by atoms with E-state index in [4.69, 9.17) is 27.3 Å². The second-order valence-electron chi connectivity index (χ2n) is 13.9. The molecule has 0 saturated carbocycles. The summed E-state index contributed by atoms with van der Waals surface area (Å²) in [6, 6.07) is 10.9. The maximum atomic E-state index is 12.6. The number of nitrogens with one attached hydrogen (secondary N) is 4. The van der Waals surface area contributed by atoms with E-state index in [9.17, 15) is 73.8 Å². The van der Waals surface area contributed by atoms with Crippen LogP contribution in [0.1, 0.15) is 0 Å². The Kier molecular flexibility index (Phi) is 27.3. The molecule has 6 rings (SSSR count). The first-order valence-electron chi connectivity index (χ1n) is 18.5. The molecular formula is C34H29ClN12Na5O19S6. The van der Waals surface area contributed by atoms with E-state index in [2.05, 4.69) is 55.2 Å². The van der Waals surface area contributed by atoms with Gasteiger partial charge in [-0.05, 0) is 95.8 Å². The molecule has 0 aliphatic carbocycles. The SMILES string of the molecule is N=C(O)Nc1cc(N=c2nc(Cl)nc(Nc3cc(N)c(S(=O)(=O)O)cc3N=Nc3ccc(S(=O)(=O)CCOS(=O)(=O)O)cc3)[nH]2)ccc1N=Nc1cc2c(S(=O)(=O)O)cc(S(=O)(=O)O)cc2cc1S(=O)(=O)O.[Na].[Na].[Na].[Na].[Na]. The first-order chi connectivity index (χ1) is 33.2. The first kappa shape index (κ1) is 73.0. The maximum Gasteiger partial charge on any atom is 0.397 e. The second-order valence-corrected chi connectivity index (χ2v) is 23.1. The third kappa shape index (κ3) is 20.4. The van der Waals surface area contributed by atoms with Crippen molar-refractivity contribution in [2.24, 2.45) is 25.4 Å². The average molecular weight is 1250 g/mol. The monoisotopic (exact) mass is 1250 g/mol. The topological polar surface area (TPSA) is 513 Å². The molecule has 0 atom stereocenters. The van der Waals surface area contributed by atoms with Crippen molar-refractivity contribution in [1.29, 1.82) is 5.41 Å². The first-order valence-corrected chi connectivity index (χ1v) is 27.7. The number of azo groups is 2. The number of aromatic amines is 1. The number of anilines is 4. The molecule has 0 spiro atoms.